The van der Waals surface area contributed by atoms with Crippen molar-refractivity contribution in [3.05, 3.63) is 52.9 Å². The van der Waals surface area contributed by atoms with Crippen molar-refractivity contribution >= 4 is 5.91 Å². The van der Waals surface area contributed by atoms with Crippen LogP contribution in [0.15, 0.2) is 24.3 Å². The number of nitrogens with one attached hydrogen (secondary N) is 1. The molecule has 0 aliphatic heterocycles. The monoisotopic (exact) mass is 301 g/mol. The van der Waals surface area contributed by atoms with E-state index in [-0.39, 0.29) is 18.1 Å². The fraction of sp³-hybridized carbons (Fsp3) is 0.412. The number of aryl methyl sites for hydroxylation is 1. The third kappa shape index (κ3) is 3.18. The van der Waals surface area contributed by atoms with Gasteiger partial charge < -0.3 is 9.88 Å². The van der Waals surface area contributed by atoms with Crippen LogP contribution in [0.3, 0.4) is 0 Å². The number of rotatable bonds is 4. The fourth-order valence-corrected chi connectivity index (χ4v) is 2.97. The summed E-state index contributed by atoms with van der Waals surface area (Å²) < 4.78 is 15.2. The van der Waals surface area contributed by atoms with Gasteiger partial charge in [-0.2, -0.15) is 0 Å². The summed E-state index contributed by atoms with van der Waals surface area (Å²) in [7, 11) is 2.01. The van der Waals surface area contributed by atoms with Crippen molar-refractivity contribution in [3.8, 4) is 0 Å². The quantitative estimate of drug-likeness (QED) is 0.942. The van der Waals surface area contributed by atoms with Gasteiger partial charge in [-0.1, -0.05) is 12.1 Å². The van der Waals surface area contributed by atoms with E-state index in [1.54, 1.807) is 12.1 Å². The highest BCUT2D eigenvalue weighted by atomic mass is 19.1. The molecule has 1 aliphatic rings. The molecule has 0 bridgehead atoms. The minimum Gasteiger partial charge on any atom is -0.349 e. The summed E-state index contributed by atoms with van der Waals surface area (Å²) in [5.74, 6) is 0.452. The highest BCUT2D eigenvalue weighted by Gasteiger charge is 2.18. The van der Waals surface area contributed by atoms with Crippen molar-refractivity contribution in [2.45, 2.75) is 38.6 Å². The minimum atomic E-state index is -0.318. The van der Waals surface area contributed by atoms with Gasteiger partial charge in [0.05, 0.1) is 18.7 Å². The zero-order valence-electron chi connectivity index (χ0n) is 12.7. The van der Waals surface area contributed by atoms with Crippen LogP contribution in [0.5, 0.6) is 0 Å². The maximum absolute atomic E-state index is 13.1. The molecule has 1 heterocycles. The lowest BCUT2D eigenvalue weighted by molar-refractivity contribution is -0.120. The normalized spacial score (nSPS) is 13.7. The van der Waals surface area contributed by atoms with Crippen LogP contribution in [0.4, 0.5) is 4.39 Å². The first-order valence-electron chi connectivity index (χ1n) is 7.68. The van der Waals surface area contributed by atoms with Gasteiger partial charge in [-0.25, -0.2) is 9.37 Å². The van der Waals surface area contributed by atoms with Gasteiger partial charge in [0.1, 0.15) is 11.6 Å². The Bertz CT molecular complexity index is 693. The third-order valence-electron chi connectivity index (χ3n) is 4.16. The number of carbonyl (C=O) groups excluding carboxylic acids is 1. The predicted octanol–water partition coefficient (Wildman–Crippen LogP) is 2.30. The second-order valence-electron chi connectivity index (χ2n) is 5.77. The van der Waals surface area contributed by atoms with Crippen LogP contribution in [0.2, 0.25) is 0 Å². The standard InChI is InChI=1S/C17H20FN3O/c1-21-15-8-3-2-7-14(15)20-16(21)11-19-17(22)10-12-5-4-6-13(18)9-12/h4-6,9H,2-3,7-8,10-11H2,1H3,(H,19,22). The summed E-state index contributed by atoms with van der Waals surface area (Å²) >= 11 is 0. The number of fused-ring (bicyclic) bond motifs is 1. The number of halogens is 1. The molecular weight excluding hydrogens is 281 g/mol. The van der Waals surface area contributed by atoms with Crippen molar-refractivity contribution in [2.75, 3.05) is 0 Å². The first kappa shape index (κ1) is 14.8. The van der Waals surface area contributed by atoms with Crippen LogP contribution in [0, 0.1) is 5.82 Å². The van der Waals surface area contributed by atoms with Crippen LogP contribution in [-0.4, -0.2) is 15.5 Å². The van der Waals surface area contributed by atoms with Crippen molar-refractivity contribution < 1.29 is 9.18 Å². The zero-order chi connectivity index (χ0) is 15.5. The Labute approximate surface area is 129 Å². The summed E-state index contributed by atoms with van der Waals surface area (Å²) in [6.45, 7) is 0.414. The molecule has 1 aromatic carbocycles. The lowest BCUT2D eigenvalue weighted by Crippen LogP contribution is -2.26. The second kappa shape index (κ2) is 6.30. The molecule has 0 saturated carbocycles. The molecule has 0 atom stereocenters. The minimum absolute atomic E-state index is 0.119. The van der Waals surface area contributed by atoms with Crippen LogP contribution in [0.25, 0.3) is 0 Å². The Morgan fingerprint density at radius 3 is 2.95 bits per heavy atom. The summed E-state index contributed by atoms with van der Waals surface area (Å²) in [4.78, 5) is 16.6. The molecule has 1 N–H and O–H groups in total. The number of carbonyl (C=O) groups is 1. The van der Waals surface area contributed by atoms with Gasteiger partial charge in [0.15, 0.2) is 0 Å². The van der Waals surface area contributed by atoms with E-state index in [1.807, 2.05) is 7.05 Å². The van der Waals surface area contributed by atoms with Gasteiger partial charge in [0, 0.05) is 12.7 Å². The number of amides is 1. The van der Waals surface area contributed by atoms with Crippen LogP contribution in [-0.2, 0) is 37.6 Å². The molecule has 4 nitrogen and oxygen atoms in total. The summed E-state index contributed by atoms with van der Waals surface area (Å²) in [5.41, 5.74) is 3.14. The van der Waals surface area contributed by atoms with Gasteiger partial charge in [-0.15, -0.1) is 0 Å². The molecule has 0 fully saturated rings. The summed E-state index contributed by atoms with van der Waals surface area (Å²) in [6.07, 6.45) is 4.67. The van der Waals surface area contributed by atoms with E-state index < -0.39 is 0 Å². The number of aromatic nitrogens is 2. The van der Waals surface area contributed by atoms with Gasteiger partial charge in [0.2, 0.25) is 5.91 Å². The molecule has 5 heteroatoms. The van der Waals surface area contributed by atoms with E-state index in [2.05, 4.69) is 14.9 Å². The molecule has 22 heavy (non-hydrogen) atoms. The van der Waals surface area contributed by atoms with Gasteiger partial charge >= 0.3 is 0 Å². The molecular formula is C17H20FN3O. The number of imidazole rings is 1. The number of benzene rings is 1. The van der Waals surface area contributed by atoms with Crippen molar-refractivity contribution in [3.63, 3.8) is 0 Å². The molecule has 0 unspecified atom stereocenters. The van der Waals surface area contributed by atoms with Gasteiger partial charge in [-0.3, -0.25) is 4.79 Å². The number of hydrogen-bond acceptors (Lipinski definition) is 2. The summed E-state index contributed by atoms with van der Waals surface area (Å²) in [6, 6.07) is 6.13. The first-order valence-corrected chi connectivity index (χ1v) is 7.68. The highest BCUT2D eigenvalue weighted by molar-refractivity contribution is 5.78. The van der Waals surface area contributed by atoms with Crippen LogP contribution in [0.1, 0.15) is 35.6 Å². The van der Waals surface area contributed by atoms with Crippen LogP contribution >= 0.6 is 0 Å². The first-order chi connectivity index (χ1) is 10.6. The molecule has 0 radical (unpaired) electrons. The molecule has 3 rings (SSSR count). The maximum atomic E-state index is 13.1. The third-order valence-corrected chi connectivity index (χ3v) is 4.16. The summed E-state index contributed by atoms with van der Waals surface area (Å²) in [5, 5.41) is 2.87. The smallest absolute Gasteiger partial charge is 0.224 e. The van der Waals surface area contributed by atoms with Gasteiger partial charge in [-0.05, 0) is 43.4 Å². The van der Waals surface area contributed by atoms with Crippen molar-refractivity contribution in [1.29, 1.82) is 0 Å². The molecule has 0 saturated heterocycles. The van der Waals surface area contributed by atoms with E-state index in [9.17, 15) is 9.18 Å². The van der Waals surface area contributed by atoms with Crippen molar-refractivity contribution in [2.24, 2.45) is 7.05 Å². The maximum Gasteiger partial charge on any atom is 0.224 e. The SMILES string of the molecule is Cn1c(CNC(=O)Cc2cccc(F)c2)nc2c1CCCC2. The van der Waals surface area contributed by atoms with E-state index in [1.165, 1.54) is 36.4 Å². The Hall–Kier alpha value is -2.17. The Morgan fingerprint density at radius 2 is 2.18 bits per heavy atom. The second-order valence-corrected chi connectivity index (χ2v) is 5.77. The highest BCUT2D eigenvalue weighted by Crippen LogP contribution is 2.21. The van der Waals surface area contributed by atoms with Gasteiger partial charge in [0.25, 0.3) is 0 Å². The molecule has 1 amide bonds. The Balaban J connectivity index is 1.60. The predicted molar refractivity (Wildman–Crippen MR) is 81.8 cm³/mol. The number of hydrogen-bond donors (Lipinski definition) is 1. The van der Waals surface area contributed by atoms with Crippen LogP contribution < -0.4 is 5.32 Å². The average Bonchev–Trinajstić information content (AvgIpc) is 2.82. The lowest BCUT2D eigenvalue weighted by Gasteiger charge is -2.11. The van der Waals surface area contributed by atoms with Crippen molar-refractivity contribution in [1.82, 2.24) is 14.9 Å². The molecule has 116 valence electrons. The molecule has 0 spiro atoms. The number of nitrogens with zero attached hydrogens (tertiary/aromatic N) is 2. The average molecular weight is 301 g/mol. The largest absolute Gasteiger partial charge is 0.349 e. The topological polar surface area (TPSA) is 46.9 Å². The van der Waals surface area contributed by atoms with E-state index in [4.69, 9.17) is 0 Å². The molecule has 2 aromatic rings. The Kier molecular flexibility index (Phi) is 4.22. The van der Waals surface area contributed by atoms with E-state index >= 15 is 0 Å². The Morgan fingerprint density at radius 1 is 1.36 bits per heavy atom. The van der Waals surface area contributed by atoms with E-state index in [0.717, 1.165) is 18.7 Å². The zero-order valence-corrected chi connectivity index (χ0v) is 12.7. The molecule has 1 aliphatic carbocycles. The van der Waals surface area contributed by atoms with E-state index in [0.29, 0.717) is 12.1 Å². The lowest BCUT2D eigenvalue weighted by atomic mass is 10.0. The fourth-order valence-electron chi connectivity index (χ4n) is 2.97. The molecule has 1 aromatic heterocycles.